The van der Waals surface area contributed by atoms with Crippen LogP contribution in [0.4, 0.5) is 0 Å². The van der Waals surface area contributed by atoms with E-state index in [1.54, 1.807) is 6.20 Å². The van der Waals surface area contributed by atoms with Crippen LogP contribution < -0.4 is 0 Å². The van der Waals surface area contributed by atoms with Gasteiger partial charge in [-0.15, -0.1) is 0 Å². The second-order valence-corrected chi connectivity index (χ2v) is 5.72. The average Bonchev–Trinajstić information content (AvgIpc) is 2.48. The smallest absolute Gasteiger partial charge is 0.303 e. The molecule has 1 heterocycles. The largest absolute Gasteiger partial charge is 0.481 e. The Balaban J connectivity index is 2.10. The van der Waals surface area contributed by atoms with E-state index in [2.05, 4.69) is 43.1 Å². The molecule has 0 saturated carbocycles. The minimum atomic E-state index is -0.723. The number of rotatable bonds is 6. The quantitative estimate of drug-likeness (QED) is 0.870. The number of hydrogen-bond acceptors (Lipinski definition) is 2. The molecule has 1 aromatic heterocycles. The molecular weight excluding hydrogens is 262 g/mol. The summed E-state index contributed by atoms with van der Waals surface area (Å²) in [5.41, 5.74) is 3.21. The molecule has 21 heavy (non-hydrogen) atoms. The number of benzene rings is 1. The van der Waals surface area contributed by atoms with Crippen LogP contribution in [-0.2, 0) is 11.2 Å². The summed E-state index contributed by atoms with van der Waals surface area (Å²) in [6.45, 7) is 4.16. The maximum Gasteiger partial charge on any atom is 0.303 e. The number of carboxylic acid groups (broad SMARTS) is 1. The number of nitrogens with zero attached hydrogens (tertiary/aromatic N) is 1. The van der Waals surface area contributed by atoms with Crippen molar-refractivity contribution in [1.82, 2.24) is 4.98 Å². The molecule has 2 rings (SSSR count). The maximum absolute atomic E-state index is 10.9. The molecule has 1 unspecified atom stereocenters. The molecule has 0 bridgehead atoms. The maximum atomic E-state index is 10.9. The predicted octanol–water partition coefficient (Wildman–Crippen LogP) is 4.04. The Labute approximate surface area is 125 Å². The van der Waals surface area contributed by atoms with Crippen LogP contribution in [0.3, 0.4) is 0 Å². The Bertz CT molecular complexity index is 576. The number of aromatic nitrogens is 1. The Kier molecular flexibility index (Phi) is 5.09. The third kappa shape index (κ3) is 4.42. The highest BCUT2D eigenvalue weighted by Gasteiger charge is 2.17. The summed E-state index contributed by atoms with van der Waals surface area (Å²) in [6, 6.07) is 14.1. The Morgan fingerprint density at radius 3 is 2.38 bits per heavy atom. The van der Waals surface area contributed by atoms with Crippen LogP contribution in [0, 0.1) is 11.8 Å². The van der Waals surface area contributed by atoms with E-state index >= 15 is 0 Å². The Hall–Kier alpha value is -2.16. The van der Waals surface area contributed by atoms with Crippen molar-refractivity contribution < 1.29 is 9.90 Å². The van der Waals surface area contributed by atoms with Crippen molar-refractivity contribution in [1.29, 1.82) is 0 Å². The molecule has 3 nitrogen and oxygen atoms in total. The topological polar surface area (TPSA) is 50.2 Å². The van der Waals surface area contributed by atoms with Crippen molar-refractivity contribution >= 4 is 5.97 Å². The molecule has 0 radical (unpaired) electrons. The molecule has 0 spiro atoms. The summed E-state index contributed by atoms with van der Waals surface area (Å²) in [5, 5.41) is 9.00. The van der Waals surface area contributed by atoms with Crippen molar-refractivity contribution in [2.75, 3.05) is 0 Å². The fraction of sp³-hybridized carbons (Fsp3) is 0.333. The molecule has 3 heteroatoms. The van der Waals surface area contributed by atoms with Gasteiger partial charge in [0, 0.05) is 18.2 Å². The van der Waals surface area contributed by atoms with Crippen LogP contribution in [0.1, 0.15) is 25.8 Å². The van der Waals surface area contributed by atoms with Gasteiger partial charge >= 0.3 is 5.97 Å². The van der Waals surface area contributed by atoms with Crippen LogP contribution in [0.15, 0.2) is 48.7 Å². The van der Waals surface area contributed by atoms with Gasteiger partial charge in [0.1, 0.15) is 0 Å². The zero-order valence-electron chi connectivity index (χ0n) is 12.5. The van der Waals surface area contributed by atoms with Crippen LogP contribution >= 0.6 is 0 Å². The standard InChI is InChI=1S/C18H21NO2/c1-13(2)16(12-18(20)21)11-14-6-8-15(9-7-14)17-5-3-4-10-19-17/h3-10,13,16H,11-12H2,1-2H3,(H,20,21). The van der Waals surface area contributed by atoms with Gasteiger partial charge in [0.05, 0.1) is 5.69 Å². The first-order valence-electron chi connectivity index (χ1n) is 7.28. The Morgan fingerprint density at radius 2 is 1.86 bits per heavy atom. The lowest BCUT2D eigenvalue weighted by atomic mass is 9.86. The summed E-state index contributed by atoms with van der Waals surface area (Å²) >= 11 is 0. The molecule has 0 aliphatic heterocycles. The zero-order valence-corrected chi connectivity index (χ0v) is 12.5. The highest BCUT2D eigenvalue weighted by atomic mass is 16.4. The second-order valence-electron chi connectivity index (χ2n) is 5.72. The van der Waals surface area contributed by atoms with Crippen molar-refractivity contribution in [2.45, 2.75) is 26.7 Å². The van der Waals surface area contributed by atoms with Gasteiger partial charge in [-0.05, 0) is 36.0 Å². The normalized spacial score (nSPS) is 12.3. The lowest BCUT2D eigenvalue weighted by Gasteiger charge is -2.19. The SMILES string of the molecule is CC(C)C(CC(=O)O)Cc1ccc(-c2ccccn2)cc1. The second kappa shape index (κ2) is 7.02. The molecule has 0 amide bonds. The first kappa shape index (κ1) is 15.2. The number of carboxylic acids is 1. The molecule has 110 valence electrons. The number of aliphatic carboxylic acids is 1. The van der Waals surface area contributed by atoms with Gasteiger partial charge in [-0.3, -0.25) is 9.78 Å². The zero-order chi connectivity index (χ0) is 15.2. The summed E-state index contributed by atoms with van der Waals surface area (Å²) in [7, 11) is 0. The third-order valence-electron chi connectivity index (χ3n) is 3.79. The van der Waals surface area contributed by atoms with Crippen LogP contribution in [0.5, 0.6) is 0 Å². The number of pyridine rings is 1. The lowest BCUT2D eigenvalue weighted by Crippen LogP contribution is -2.16. The van der Waals surface area contributed by atoms with Crippen LogP contribution in [0.25, 0.3) is 11.3 Å². The molecule has 1 aromatic carbocycles. The van der Waals surface area contributed by atoms with Crippen molar-refractivity contribution in [3.8, 4) is 11.3 Å². The lowest BCUT2D eigenvalue weighted by molar-refractivity contribution is -0.138. The first-order valence-corrected chi connectivity index (χ1v) is 7.28. The Morgan fingerprint density at radius 1 is 1.14 bits per heavy atom. The van der Waals surface area contributed by atoms with Gasteiger partial charge in [-0.2, -0.15) is 0 Å². The van der Waals surface area contributed by atoms with Gasteiger partial charge in [0.25, 0.3) is 0 Å². The average molecular weight is 283 g/mol. The summed E-state index contributed by atoms with van der Waals surface area (Å²) in [4.78, 5) is 15.3. The van der Waals surface area contributed by atoms with E-state index in [1.807, 2.05) is 18.2 Å². The van der Waals surface area contributed by atoms with Crippen LogP contribution in [0.2, 0.25) is 0 Å². The van der Waals surface area contributed by atoms with Crippen molar-refractivity contribution in [2.24, 2.45) is 11.8 Å². The molecule has 2 aromatic rings. The molecule has 0 aliphatic carbocycles. The minimum absolute atomic E-state index is 0.170. The van der Waals surface area contributed by atoms with Gasteiger partial charge in [-0.25, -0.2) is 0 Å². The van der Waals surface area contributed by atoms with E-state index in [-0.39, 0.29) is 12.3 Å². The minimum Gasteiger partial charge on any atom is -0.481 e. The fourth-order valence-electron chi connectivity index (χ4n) is 2.42. The van der Waals surface area contributed by atoms with Crippen LogP contribution in [-0.4, -0.2) is 16.1 Å². The molecule has 0 saturated heterocycles. The van der Waals surface area contributed by atoms with Gasteiger partial charge < -0.3 is 5.11 Å². The van der Waals surface area contributed by atoms with E-state index in [1.165, 1.54) is 5.56 Å². The summed E-state index contributed by atoms with van der Waals surface area (Å²) in [5.74, 6) is -0.196. The van der Waals surface area contributed by atoms with Gasteiger partial charge in [0.2, 0.25) is 0 Å². The van der Waals surface area contributed by atoms with E-state index in [4.69, 9.17) is 5.11 Å². The highest BCUT2D eigenvalue weighted by Crippen LogP contribution is 2.23. The van der Waals surface area contributed by atoms with Gasteiger partial charge in [-0.1, -0.05) is 44.2 Å². The number of hydrogen-bond donors (Lipinski definition) is 1. The monoisotopic (exact) mass is 283 g/mol. The molecular formula is C18H21NO2. The van der Waals surface area contributed by atoms with Crippen molar-refractivity contribution in [3.05, 3.63) is 54.2 Å². The van der Waals surface area contributed by atoms with Gasteiger partial charge in [0.15, 0.2) is 0 Å². The highest BCUT2D eigenvalue weighted by molar-refractivity contribution is 5.67. The third-order valence-corrected chi connectivity index (χ3v) is 3.79. The van der Waals surface area contributed by atoms with E-state index < -0.39 is 5.97 Å². The summed E-state index contributed by atoms with van der Waals surface area (Å²) < 4.78 is 0. The first-order chi connectivity index (χ1) is 10.1. The van der Waals surface area contributed by atoms with E-state index in [9.17, 15) is 4.79 Å². The summed E-state index contributed by atoms with van der Waals surface area (Å²) in [6.07, 6.45) is 2.80. The molecule has 0 fully saturated rings. The molecule has 0 aliphatic rings. The molecule has 1 atom stereocenters. The molecule has 1 N–H and O–H groups in total. The fourth-order valence-corrected chi connectivity index (χ4v) is 2.42. The van der Waals surface area contributed by atoms with E-state index in [0.29, 0.717) is 5.92 Å². The predicted molar refractivity (Wildman–Crippen MR) is 84.0 cm³/mol. The van der Waals surface area contributed by atoms with E-state index in [0.717, 1.165) is 17.7 Å². The number of carbonyl (C=O) groups is 1. The van der Waals surface area contributed by atoms with Crippen molar-refractivity contribution in [3.63, 3.8) is 0 Å².